The topological polar surface area (TPSA) is 38.9 Å². The molecule has 0 aliphatic rings. The van der Waals surface area contributed by atoms with Gasteiger partial charge in [-0.25, -0.2) is 4.98 Å². The van der Waals surface area contributed by atoms with Crippen LogP contribution in [0, 0.1) is 0 Å². The summed E-state index contributed by atoms with van der Waals surface area (Å²) in [5.41, 5.74) is 8.25. The van der Waals surface area contributed by atoms with Crippen molar-refractivity contribution in [1.82, 2.24) is 4.98 Å². The Labute approximate surface area is 129 Å². The lowest BCUT2D eigenvalue weighted by atomic mass is 10.1. The number of hydrogen-bond acceptors (Lipinski definition) is 3. The number of fused-ring (bicyclic) bond motifs is 1. The van der Waals surface area contributed by atoms with Gasteiger partial charge < -0.3 is 5.73 Å². The molecule has 0 saturated heterocycles. The molecule has 0 spiro atoms. The Morgan fingerprint density at radius 2 is 1.76 bits per heavy atom. The van der Waals surface area contributed by atoms with Crippen molar-refractivity contribution < 1.29 is 0 Å². The van der Waals surface area contributed by atoms with Crippen molar-refractivity contribution in [3.8, 4) is 0 Å². The monoisotopic (exact) mass is 294 g/mol. The summed E-state index contributed by atoms with van der Waals surface area (Å²) >= 11 is 1.70. The van der Waals surface area contributed by atoms with Gasteiger partial charge in [-0.3, -0.25) is 0 Å². The van der Waals surface area contributed by atoms with E-state index >= 15 is 0 Å². The third-order valence-electron chi connectivity index (χ3n) is 3.26. The van der Waals surface area contributed by atoms with Gasteiger partial charge in [0, 0.05) is 16.3 Å². The number of benzene rings is 2. The average molecular weight is 294 g/mol. The molecule has 0 amide bonds. The first-order chi connectivity index (χ1) is 10.2. The first-order valence-electron chi connectivity index (χ1n) is 7.09. The van der Waals surface area contributed by atoms with Gasteiger partial charge in [-0.1, -0.05) is 48.2 Å². The smallest absolute Gasteiger partial charge is 0.105 e. The third kappa shape index (κ3) is 3.43. The summed E-state index contributed by atoms with van der Waals surface area (Å²) in [6.07, 6.45) is 0.840. The fraction of sp³-hybridized carbons (Fsp3) is 0.167. The molecular weight excluding hydrogens is 276 g/mol. The molecule has 0 radical (unpaired) electrons. The second kappa shape index (κ2) is 6.29. The molecule has 2 aromatic carbocycles. The average Bonchev–Trinajstić information content (AvgIpc) is 2.48. The van der Waals surface area contributed by atoms with Crippen molar-refractivity contribution in [2.75, 3.05) is 0 Å². The van der Waals surface area contributed by atoms with Gasteiger partial charge in [0.1, 0.15) is 5.03 Å². The summed E-state index contributed by atoms with van der Waals surface area (Å²) in [5, 5.41) is 2.22. The Kier molecular flexibility index (Phi) is 4.23. The number of rotatable bonds is 4. The molecule has 3 aromatic rings. The molecule has 106 valence electrons. The first-order valence-corrected chi connectivity index (χ1v) is 7.91. The Bertz CT molecular complexity index is 739. The van der Waals surface area contributed by atoms with Gasteiger partial charge in [-0.15, -0.1) is 0 Å². The lowest BCUT2D eigenvalue weighted by Gasteiger charge is -2.12. The first kappa shape index (κ1) is 14.1. The van der Waals surface area contributed by atoms with Crippen LogP contribution in [0.1, 0.15) is 12.5 Å². The van der Waals surface area contributed by atoms with Crippen LogP contribution in [0.3, 0.4) is 0 Å². The van der Waals surface area contributed by atoms with E-state index in [4.69, 9.17) is 10.7 Å². The van der Waals surface area contributed by atoms with Gasteiger partial charge in [-0.2, -0.15) is 0 Å². The van der Waals surface area contributed by atoms with Crippen LogP contribution in [0.2, 0.25) is 0 Å². The van der Waals surface area contributed by atoms with Crippen molar-refractivity contribution in [3.63, 3.8) is 0 Å². The maximum Gasteiger partial charge on any atom is 0.105 e. The Morgan fingerprint density at radius 1 is 1.05 bits per heavy atom. The standard InChI is InChI=1S/C18H18N2S/c1-13(19)11-15-12-14-7-5-6-10-17(14)20-18(15)21-16-8-3-2-4-9-16/h2-10,12-13H,11,19H2,1H3. The molecule has 0 aliphatic carbocycles. The quantitative estimate of drug-likeness (QED) is 0.780. The zero-order chi connectivity index (χ0) is 14.7. The maximum atomic E-state index is 5.99. The van der Waals surface area contributed by atoms with Crippen molar-refractivity contribution in [1.29, 1.82) is 0 Å². The van der Waals surface area contributed by atoms with Gasteiger partial charge in [0.25, 0.3) is 0 Å². The molecule has 1 aromatic heterocycles. The summed E-state index contributed by atoms with van der Waals surface area (Å²) in [7, 11) is 0. The second-order valence-corrected chi connectivity index (χ2v) is 6.30. The van der Waals surface area contributed by atoms with Gasteiger partial charge in [0.2, 0.25) is 0 Å². The molecule has 1 unspecified atom stereocenters. The molecule has 1 heterocycles. The molecule has 0 bridgehead atoms. The lowest BCUT2D eigenvalue weighted by molar-refractivity contribution is 0.724. The molecule has 2 nitrogen and oxygen atoms in total. The molecule has 1 atom stereocenters. The van der Waals surface area contributed by atoms with E-state index < -0.39 is 0 Å². The predicted molar refractivity (Wildman–Crippen MR) is 89.7 cm³/mol. The largest absolute Gasteiger partial charge is 0.328 e. The number of nitrogens with zero attached hydrogens (tertiary/aromatic N) is 1. The van der Waals surface area contributed by atoms with E-state index in [0.29, 0.717) is 0 Å². The molecule has 2 N–H and O–H groups in total. The molecule has 21 heavy (non-hydrogen) atoms. The van der Waals surface area contributed by atoms with Crippen molar-refractivity contribution in [3.05, 3.63) is 66.2 Å². The fourth-order valence-electron chi connectivity index (χ4n) is 2.32. The highest BCUT2D eigenvalue weighted by Gasteiger charge is 2.10. The number of pyridine rings is 1. The minimum atomic E-state index is 0.128. The molecule has 0 aliphatic heterocycles. The van der Waals surface area contributed by atoms with Crippen molar-refractivity contribution >= 4 is 22.7 Å². The van der Waals surface area contributed by atoms with Crippen LogP contribution in [0.15, 0.2) is 70.6 Å². The lowest BCUT2D eigenvalue weighted by Crippen LogP contribution is -2.18. The molecule has 3 heteroatoms. The third-order valence-corrected chi connectivity index (χ3v) is 4.32. The number of para-hydroxylation sites is 1. The zero-order valence-corrected chi connectivity index (χ0v) is 12.8. The van der Waals surface area contributed by atoms with E-state index in [9.17, 15) is 0 Å². The minimum Gasteiger partial charge on any atom is -0.328 e. The van der Waals surface area contributed by atoms with Gasteiger partial charge in [0.15, 0.2) is 0 Å². The van der Waals surface area contributed by atoms with E-state index in [1.165, 1.54) is 15.8 Å². The van der Waals surface area contributed by atoms with Gasteiger partial charge >= 0.3 is 0 Å². The van der Waals surface area contributed by atoms with Crippen LogP contribution in [0.5, 0.6) is 0 Å². The Balaban J connectivity index is 2.05. The summed E-state index contributed by atoms with van der Waals surface area (Å²) < 4.78 is 0. The second-order valence-electron chi connectivity index (χ2n) is 5.24. The van der Waals surface area contributed by atoms with E-state index in [-0.39, 0.29) is 6.04 Å². The van der Waals surface area contributed by atoms with Crippen LogP contribution in [-0.2, 0) is 6.42 Å². The molecule has 3 rings (SSSR count). The molecular formula is C18H18N2S. The fourth-order valence-corrected chi connectivity index (χ4v) is 3.26. The summed E-state index contributed by atoms with van der Waals surface area (Å²) in [4.78, 5) is 6.03. The highest BCUT2D eigenvalue weighted by atomic mass is 32.2. The van der Waals surface area contributed by atoms with Crippen LogP contribution >= 0.6 is 11.8 Å². The summed E-state index contributed by atoms with van der Waals surface area (Å²) in [6, 6.07) is 20.9. The van der Waals surface area contributed by atoms with Crippen LogP contribution in [0.4, 0.5) is 0 Å². The normalized spacial score (nSPS) is 12.5. The highest BCUT2D eigenvalue weighted by Crippen LogP contribution is 2.31. The van der Waals surface area contributed by atoms with E-state index in [0.717, 1.165) is 17.0 Å². The Morgan fingerprint density at radius 3 is 2.52 bits per heavy atom. The Hall–Kier alpha value is -1.84. The zero-order valence-electron chi connectivity index (χ0n) is 12.0. The summed E-state index contributed by atoms with van der Waals surface area (Å²) in [5.74, 6) is 0. The van der Waals surface area contributed by atoms with E-state index in [2.05, 4.69) is 42.5 Å². The van der Waals surface area contributed by atoms with Crippen molar-refractivity contribution in [2.45, 2.75) is 29.3 Å². The van der Waals surface area contributed by atoms with Gasteiger partial charge in [-0.05, 0) is 43.2 Å². The number of hydrogen-bond donors (Lipinski definition) is 1. The number of aromatic nitrogens is 1. The van der Waals surface area contributed by atoms with Crippen molar-refractivity contribution in [2.24, 2.45) is 5.73 Å². The van der Waals surface area contributed by atoms with Crippen LogP contribution in [0.25, 0.3) is 10.9 Å². The molecule has 0 fully saturated rings. The summed E-state index contributed by atoms with van der Waals surface area (Å²) in [6.45, 7) is 2.03. The number of nitrogens with two attached hydrogens (primary N) is 1. The minimum absolute atomic E-state index is 0.128. The highest BCUT2D eigenvalue weighted by molar-refractivity contribution is 7.99. The maximum absolute atomic E-state index is 5.99. The van der Waals surface area contributed by atoms with E-state index in [1.807, 2.05) is 25.1 Å². The van der Waals surface area contributed by atoms with Crippen LogP contribution < -0.4 is 5.73 Å². The predicted octanol–water partition coefficient (Wildman–Crippen LogP) is 4.28. The SMILES string of the molecule is CC(N)Cc1cc2ccccc2nc1Sc1ccccc1. The van der Waals surface area contributed by atoms with Gasteiger partial charge in [0.05, 0.1) is 5.52 Å². The molecule has 0 saturated carbocycles. The van der Waals surface area contributed by atoms with Crippen LogP contribution in [-0.4, -0.2) is 11.0 Å². The van der Waals surface area contributed by atoms with E-state index in [1.54, 1.807) is 11.8 Å².